The van der Waals surface area contributed by atoms with Gasteiger partial charge in [-0.05, 0) is 25.7 Å². The second kappa shape index (κ2) is 4.33. The maximum atomic E-state index is 12.8. The lowest BCUT2D eigenvalue weighted by Crippen LogP contribution is -2.32. The number of hydrogen-bond donors (Lipinski definition) is 0. The Labute approximate surface area is 87.4 Å². The Morgan fingerprint density at radius 2 is 1.67 bits per heavy atom. The first kappa shape index (κ1) is 10.6. The first-order valence-electron chi connectivity index (χ1n) is 5.40. The Kier molecular flexibility index (Phi) is 3.07. The van der Waals surface area contributed by atoms with Crippen molar-refractivity contribution >= 4 is 6.09 Å². The van der Waals surface area contributed by atoms with E-state index in [1.54, 1.807) is 0 Å². The largest absolute Gasteiger partial charge is 0.446 e. The Balaban J connectivity index is 1.81. The van der Waals surface area contributed by atoms with E-state index in [2.05, 4.69) is 0 Å². The molecule has 1 aliphatic heterocycles. The Hall–Kier alpha value is -0.870. The van der Waals surface area contributed by atoms with Crippen LogP contribution in [0.1, 0.15) is 25.7 Å². The van der Waals surface area contributed by atoms with Crippen LogP contribution in [0.4, 0.5) is 13.6 Å². The second-order valence-electron chi connectivity index (χ2n) is 4.23. The van der Waals surface area contributed by atoms with Crippen LogP contribution in [0.25, 0.3) is 0 Å². The number of carbonyl (C=O) groups excluding carboxylic acids is 1. The minimum Gasteiger partial charge on any atom is -0.446 e. The molecule has 2 rings (SSSR count). The zero-order chi connectivity index (χ0) is 10.8. The van der Waals surface area contributed by atoms with Crippen molar-refractivity contribution in [3.05, 3.63) is 0 Å². The van der Waals surface area contributed by atoms with Crippen LogP contribution in [-0.4, -0.2) is 42.5 Å². The third-order valence-corrected chi connectivity index (χ3v) is 3.01. The van der Waals surface area contributed by atoms with Gasteiger partial charge in [0, 0.05) is 0 Å². The van der Waals surface area contributed by atoms with Gasteiger partial charge in [0.1, 0.15) is 6.10 Å². The lowest BCUT2D eigenvalue weighted by molar-refractivity contribution is 0.0692. The highest BCUT2D eigenvalue weighted by atomic mass is 19.2. The van der Waals surface area contributed by atoms with Gasteiger partial charge in [0.15, 0.2) is 12.3 Å². The van der Waals surface area contributed by atoms with Gasteiger partial charge in [-0.1, -0.05) is 0 Å². The monoisotopic (exact) mass is 219 g/mol. The first-order chi connectivity index (χ1) is 7.16. The number of halogens is 2. The van der Waals surface area contributed by atoms with Crippen LogP contribution in [0.3, 0.4) is 0 Å². The third kappa shape index (κ3) is 2.38. The number of hydrogen-bond acceptors (Lipinski definition) is 2. The van der Waals surface area contributed by atoms with Gasteiger partial charge in [-0.3, -0.25) is 0 Å². The molecule has 0 spiro atoms. The number of nitrogens with zero attached hydrogens (tertiary/aromatic N) is 1. The quantitative estimate of drug-likeness (QED) is 0.675. The molecule has 5 heteroatoms. The Morgan fingerprint density at radius 1 is 1.13 bits per heavy atom. The summed E-state index contributed by atoms with van der Waals surface area (Å²) >= 11 is 0. The van der Waals surface area contributed by atoms with Crippen LogP contribution in [0.5, 0.6) is 0 Å². The van der Waals surface area contributed by atoms with Gasteiger partial charge in [-0.25, -0.2) is 13.6 Å². The molecule has 2 fully saturated rings. The summed E-state index contributed by atoms with van der Waals surface area (Å²) in [4.78, 5) is 12.6. The minimum atomic E-state index is -1.55. The Morgan fingerprint density at radius 3 is 2.20 bits per heavy atom. The number of alkyl halides is 2. The summed E-state index contributed by atoms with van der Waals surface area (Å²) in [5.74, 6) is 0. The fraction of sp³-hybridized carbons (Fsp3) is 0.900. The van der Waals surface area contributed by atoms with E-state index in [1.807, 2.05) is 0 Å². The molecule has 0 aromatic carbocycles. The van der Waals surface area contributed by atoms with Crippen molar-refractivity contribution in [1.29, 1.82) is 0 Å². The van der Waals surface area contributed by atoms with E-state index in [9.17, 15) is 13.6 Å². The summed E-state index contributed by atoms with van der Waals surface area (Å²) < 4.78 is 30.8. The van der Waals surface area contributed by atoms with E-state index in [-0.39, 0.29) is 19.2 Å². The Bertz CT molecular complexity index is 234. The maximum absolute atomic E-state index is 12.8. The molecule has 1 saturated carbocycles. The summed E-state index contributed by atoms with van der Waals surface area (Å²) in [5.41, 5.74) is 0. The van der Waals surface area contributed by atoms with Crippen molar-refractivity contribution < 1.29 is 18.3 Å². The van der Waals surface area contributed by atoms with Crippen LogP contribution in [0, 0.1) is 0 Å². The molecule has 1 heterocycles. The number of likely N-dealkylation sites (tertiary alicyclic amines) is 1. The predicted molar refractivity (Wildman–Crippen MR) is 50.1 cm³/mol. The molecule has 86 valence electrons. The molecule has 0 aromatic rings. The lowest BCUT2D eigenvalue weighted by Gasteiger charge is -2.18. The molecule has 15 heavy (non-hydrogen) atoms. The summed E-state index contributed by atoms with van der Waals surface area (Å²) in [7, 11) is 0. The van der Waals surface area contributed by atoms with Gasteiger partial charge >= 0.3 is 6.09 Å². The maximum Gasteiger partial charge on any atom is 0.410 e. The molecule has 0 radical (unpaired) electrons. The average molecular weight is 219 g/mol. The predicted octanol–water partition coefficient (Wildman–Crippen LogP) is 2.06. The molecule has 3 nitrogen and oxygen atoms in total. The number of ether oxygens (including phenoxy) is 1. The van der Waals surface area contributed by atoms with Crippen molar-refractivity contribution in [3.8, 4) is 0 Å². The number of carbonyl (C=O) groups is 1. The summed E-state index contributed by atoms with van der Waals surface area (Å²) in [5, 5.41) is 0. The highest BCUT2D eigenvalue weighted by Crippen LogP contribution is 2.23. The SMILES string of the molecule is O=C(OC1CCCC1)N1C[C@@H](F)[C@H](F)C1. The van der Waals surface area contributed by atoms with Gasteiger partial charge in [0.2, 0.25) is 0 Å². The number of amides is 1. The van der Waals surface area contributed by atoms with Gasteiger partial charge in [0.05, 0.1) is 13.1 Å². The first-order valence-corrected chi connectivity index (χ1v) is 5.40. The molecule has 0 unspecified atom stereocenters. The van der Waals surface area contributed by atoms with Crippen LogP contribution < -0.4 is 0 Å². The number of rotatable bonds is 1. The molecule has 1 aliphatic carbocycles. The summed E-state index contributed by atoms with van der Waals surface area (Å²) in [6.07, 6.45) is 0.154. The molecule has 0 bridgehead atoms. The van der Waals surface area contributed by atoms with Gasteiger partial charge in [0.25, 0.3) is 0 Å². The van der Waals surface area contributed by atoms with Crippen LogP contribution >= 0.6 is 0 Å². The van der Waals surface area contributed by atoms with Crippen molar-refractivity contribution in [3.63, 3.8) is 0 Å². The molecule has 0 N–H and O–H groups in total. The van der Waals surface area contributed by atoms with E-state index in [1.165, 1.54) is 0 Å². The smallest absolute Gasteiger partial charge is 0.410 e. The summed E-state index contributed by atoms with van der Waals surface area (Å²) in [6, 6.07) is 0. The lowest BCUT2D eigenvalue weighted by atomic mass is 10.3. The van der Waals surface area contributed by atoms with E-state index < -0.39 is 18.4 Å². The molecule has 2 atom stereocenters. The third-order valence-electron chi connectivity index (χ3n) is 3.01. The van der Waals surface area contributed by atoms with E-state index in [0.29, 0.717) is 0 Å². The van der Waals surface area contributed by atoms with Gasteiger partial charge in [-0.15, -0.1) is 0 Å². The zero-order valence-electron chi connectivity index (χ0n) is 8.49. The molecule has 1 saturated heterocycles. The molecule has 0 aromatic heterocycles. The van der Waals surface area contributed by atoms with Crippen LogP contribution in [0.2, 0.25) is 0 Å². The molecule has 1 amide bonds. The standard InChI is InChI=1S/C10H15F2NO2/c11-8-5-13(6-9(8)12)10(14)15-7-3-1-2-4-7/h7-9H,1-6H2/t8-,9-/m1/s1. The molecular weight excluding hydrogens is 204 g/mol. The van der Waals surface area contributed by atoms with E-state index in [0.717, 1.165) is 30.6 Å². The minimum absolute atomic E-state index is 0.0470. The normalized spacial score (nSPS) is 32.3. The molecular formula is C10H15F2NO2. The van der Waals surface area contributed by atoms with Crippen molar-refractivity contribution in [1.82, 2.24) is 4.90 Å². The van der Waals surface area contributed by atoms with Crippen molar-refractivity contribution in [2.75, 3.05) is 13.1 Å². The van der Waals surface area contributed by atoms with Crippen LogP contribution in [-0.2, 0) is 4.74 Å². The van der Waals surface area contributed by atoms with Gasteiger partial charge < -0.3 is 9.64 Å². The van der Waals surface area contributed by atoms with E-state index >= 15 is 0 Å². The highest BCUT2D eigenvalue weighted by molar-refractivity contribution is 5.68. The van der Waals surface area contributed by atoms with Gasteiger partial charge in [-0.2, -0.15) is 0 Å². The average Bonchev–Trinajstić information content (AvgIpc) is 2.78. The van der Waals surface area contributed by atoms with Crippen LogP contribution in [0.15, 0.2) is 0 Å². The van der Waals surface area contributed by atoms with E-state index in [4.69, 9.17) is 4.74 Å². The van der Waals surface area contributed by atoms with Crippen molar-refractivity contribution in [2.45, 2.75) is 44.1 Å². The highest BCUT2D eigenvalue weighted by Gasteiger charge is 2.37. The second-order valence-corrected chi connectivity index (χ2v) is 4.23. The zero-order valence-corrected chi connectivity index (χ0v) is 8.49. The van der Waals surface area contributed by atoms with Crippen molar-refractivity contribution in [2.24, 2.45) is 0 Å². The summed E-state index contributed by atoms with van der Waals surface area (Å²) in [6.45, 7) is -0.348. The molecule has 2 aliphatic rings. The topological polar surface area (TPSA) is 29.5 Å². The fourth-order valence-corrected chi connectivity index (χ4v) is 2.10. The fourth-order valence-electron chi connectivity index (χ4n) is 2.10.